The van der Waals surface area contributed by atoms with E-state index in [4.69, 9.17) is 29.3 Å². The first-order valence-corrected chi connectivity index (χ1v) is 11.8. The van der Waals surface area contributed by atoms with Crippen LogP contribution in [0, 0.1) is 5.92 Å². The molecule has 1 fully saturated rings. The van der Waals surface area contributed by atoms with Crippen molar-refractivity contribution in [3.63, 3.8) is 0 Å². The van der Waals surface area contributed by atoms with Gasteiger partial charge in [0.2, 0.25) is 0 Å². The van der Waals surface area contributed by atoms with E-state index in [2.05, 4.69) is 61.2 Å². The summed E-state index contributed by atoms with van der Waals surface area (Å²) in [6.45, 7) is 8.27. The Bertz CT molecular complexity index is 918. The number of carboxylic acids is 2. The van der Waals surface area contributed by atoms with Gasteiger partial charge in [0.05, 0.1) is 12.0 Å². The Morgan fingerprint density at radius 2 is 1.74 bits per heavy atom. The zero-order valence-electron chi connectivity index (χ0n) is 19.9. The third-order valence-corrected chi connectivity index (χ3v) is 5.98. The molecule has 34 heavy (non-hydrogen) atoms. The molecule has 1 saturated heterocycles. The van der Waals surface area contributed by atoms with Crippen molar-refractivity contribution >= 4 is 28.7 Å². The van der Waals surface area contributed by atoms with Crippen molar-refractivity contribution in [1.29, 1.82) is 0 Å². The topological polar surface area (TPSA) is 113 Å². The Labute approximate surface area is 200 Å². The molecule has 1 aliphatic rings. The number of nitrogens with zero attached hydrogens (tertiary/aromatic N) is 1. The summed E-state index contributed by atoms with van der Waals surface area (Å²) >= 11 is 0. The van der Waals surface area contributed by atoms with Crippen molar-refractivity contribution in [2.24, 2.45) is 5.92 Å². The van der Waals surface area contributed by atoms with Crippen LogP contribution in [0.1, 0.15) is 38.7 Å². The Kier molecular flexibility index (Phi) is 11.5. The molecule has 2 N–H and O–H groups in total. The van der Waals surface area contributed by atoms with Crippen LogP contribution in [0.15, 0.2) is 42.5 Å². The monoisotopic (exact) mass is 473 g/mol. The lowest BCUT2D eigenvalue weighted by Crippen LogP contribution is -2.30. The van der Waals surface area contributed by atoms with Crippen LogP contribution in [0.4, 0.5) is 0 Å². The maximum absolute atomic E-state index is 12.9. The van der Waals surface area contributed by atoms with Crippen molar-refractivity contribution in [2.75, 3.05) is 32.8 Å². The van der Waals surface area contributed by atoms with E-state index in [1.807, 2.05) is 0 Å². The summed E-state index contributed by atoms with van der Waals surface area (Å²) in [7, 11) is 0. The van der Waals surface area contributed by atoms with Crippen molar-refractivity contribution in [3.8, 4) is 0 Å². The minimum absolute atomic E-state index is 0.0874. The number of carbonyl (C=O) groups is 3. The van der Waals surface area contributed by atoms with Crippen LogP contribution < -0.4 is 0 Å². The molecule has 0 bridgehead atoms. The maximum Gasteiger partial charge on any atom is 0.414 e. The molecule has 0 radical (unpaired) electrons. The van der Waals surface area contributed by atoms with Crippen LogP contribution in [0.2, 0.25) is 0 Å². The molecule has 0 spiro atoms. The van der Waals surface area contributed by atoms with Gasteiger partial charge in [0, 0.05) is 13.2 Å². The lowest BCUT2D eigenvalue weighted by Gasteiger charge is -2.22. The highest BCUT2D eigenvalue weighted by Crippen LogP contribution is 2.27. The second-order valence-electron chi connectivity index (χ2n) is 8.21. The quantitative estimate of drug-likeness (QED) is 0.397. The summed E-state index contributed by atoms with van der Waals surface area (Å²) < 4.78 is 11.5. The van der Waals surface area contributed by atoms with E-state index in [1.54, 1.807) is 0 Å². The predicted octanol–water partition coefficient (Wildman–Crippen LogP) is 3.61. The van der Waals surface area contributed by atoms with Crippen LogP contribution in [0.5, 0.6) is 0 Å². The molecule has 3 rings (SSSR count). The Morgan fingerprint density at radius 3 is 2.35 bits per heavy atom. The fraction of sp³-hybridized carbons (Fsp3) is 0.500. The van der Waals surface area contributed by atoms with Gasteiger partial charge in [-0.3, -0.25) is 4.79 Å². The first-order valence-electron chi connectivity index (χ1n) is 11.8. The van der Waals surface area contributed by atoms with E-state index in [-0.39, 0.29) is 18.0 Å². The molecule has 186 valence electrons. The van der Waals surface area contributed by atoms with Crippen LogP contribution in [-0.4, -0.2) is 72.0 Å². The third kappa shape index (κ3) is 8.76. The average Bonchev–Trinajstić information content (AvgIpc) is 3.35. The first-order chi connectivity index (χ1) is 16.3. The molecule has 2 atom stereocenters. The fourth-order valence-corrected chi connectivity index (χ4v) is 4.08. The first kappa shape index (κ1) is 27.3. The Morgan fingerprint density at radius 1 is 1.06 bits per heavy atom. The highest BCUT2D eigenvalue weighted by molar-refractivity contribution is 6.27. The van der Waals surface area contributed by atoms with Gasteiger partial charge < -0.3 is 24.6 Å². The van der Waals surface area contributed by atoms with E-state index in [0.29, 0.717) is 13.0 Å². The van der Waals surface area contributed by atoms with Gasteiger partial charge in [-0.1, -0.05) is 56.3 Å². The van der Waals surface area contributed by atoms with Crippen LogP contribution in [-0.2, 0) is 30.3 Å². The number of hydrogen-bond donors (Lipinski definition) is 2. The number of benzene rings is 2. The summed E-state index contributed by atoms with van der Waals surface area (Å²) in [5, 5.41) is 17.2. The van der Waals surface area contributed by atoms with Crippen molar-refractivity contribution in [3.05, 3.63) is 48.0 Å². The molecule has 0 aliphatic carbocycles. The SMILES string of the molecule is CCN(CC)CCOC(=O)[C@@H](Cc1cccc2ccccc12)C[C@H]1CCCO1.O=C(O)C(=O)O. The number of ether oxygens (including phenoxy) is 2. The van der Waals surface area contributed by atoms with Gasteiger partial charge in [-0.05, 0) is 55.1 Å². The summed E-state index contributed by atoms with van der Waals surface area (Å²) in [6, 6.07) is 14.7. The summed E-state index contributed by atoms with van der Waals surface area (Å²) in [5.74, 6) is -3.90. The van der Waals surface area contributed by atoms with Gasteiger partial charge in [0.25, 0.3) is 0 Å². The second kappa shape index (κ2) is 14.3. The van der Waals surface area contributed by atoms with Gasteiger partial charge >= 0.3 is 17.9 Å². The zero-order valence-corrected chi connectivity index (χ0v) is 19.9. The number of aliphatic carboxylic acids is 2. The normalized spacial score (nSPS) is 16.0. The lowest BCUT2D eigenvalue weighted by atomic mass is 9.90. The molecule has 1 heterocycles. The Balaban J connectivity index is 0.000000604. The number of likely N-dealkylation sites (N-methyl/N-ethyl adjacent to an activating group) is 1. The van der Waals surface area contributed by atoms with E-state index in [9.17, 15) is 4.79 Å². The van der Waals surface area contributed by atoms with Gasteiger partial charge in [-0.25, -0.2) is 9.59 Å². The molecular weight excluding hydrogens is 438 g/mol. The number of fused-ring (bicyclic) bond motifs is 1. The van der Waals surface area contributed by atoms with Crippen LogP contribution in [0.25, 0.3) is 10.8 Å². The lowest BCUT2D eigenvalue weighted by molar-refractivity contribution is -0.159. The third-order valence-electron chi connectivity index (χ3n) is 5.98. The van der Waals surface area contributed by atoms with Crippen molar-refractivity contribution < 1.29 is 34.1 Å². The van der Waals surface area contributed by atoms with Crippen LogP contribution in [0.3, 0.4) is 0 Å². The van der Waals surface area contributed by atoms with Crippen molar-refractivity contribution in [1.82, 2.24) is 4.90 Å². The van der Waals surface area contributed by atoms with E-state index < -0.39 is 11.9 Å². The number of rotatable bonds is 10. The highest BCUT2D eigenvalue weighted by Gasteiger charge is 2.27. The molecule has 8 nitrogen and oxygen atoms in total. The predicted molar refractivity (Wildman–Crippen MR) is 129 cm³/mol. The number of carboxylic acid groups (broad SMARTS) is 2. The largest absolute Gasteiger partial charge is 0.473 e. The van der Waals surface area contributed by atoms with Crippen LogP contribution >= 0.6 is 0 Å². The van der Waals surface area contributed by atoms with Gasteiger partial charge in [-0.2, -0.15) is 0 Å². The van der Waals surface area contributed by atoms with E-state index >= 15 is 0 Å². The zero-order chi connectivity index (χ0) is 24.9. The summed E-state index contributed by atoms with van der Waals surface area (Å²) in [6.07, 6.45) is 3.75. The van der Waals surface area contributed by atoms with Gasteiger partial charge in [0.15, 0.2) is 0 Å². The molecule has 1 aliphatic heterocycles. The molecule has 0 amide bonds. The number of hydrogen-bond acceptors (Lipinski definition) is 6. The molecular formula is C26H35NO7. The molecule has 2 aromatic carbocycles. The number of esters is 1. The minimum atomic E-state index is -1.82. The molecule has 0 saturated carbocycles. The highest BCUT2D eigenvalue weighted by atomic mass is 16.5. The minimum Gasteiger partial charge on any atom is -0.473 e. The molecule has 0 aromatic heterocycles. The van der Waals surface area contributed by atoms with E-state index in [1.165, 1.54) is 16.3 Å². The smallest absolute Gasteiger partial charge is 0.414 e. The molecule has 0 unspecified atom stereocenters. The number of carbonyl (C=O) groups excluding carboxylic acids is 1. The maximum atomic E-state index is 12.9. The van der Waals surface area contributed by atoms with Gasteiger partial charge in [0.1, 0.15) is 6.61 Å². The summed E-state index contributed by atoms with van der Waals surface area (Å²) in [5.41, 5.74) is 1.21. The Hall–Kier alpha value is -2.97. The second-order valence-corrected chi connectivity index (χ2v) is 8.21. The fourth-order valence-electron chi connectivity index (χ4n) is 4.08. The standard InChI is InChI=1S/C24H33NO3.C2H2O4/c1-3-25(4-2)14-16-28-24(26)21(18-22-12-8-15-27-22)17-20-11-7-10-19-9-5-6-13-23(19)20;3-1(4)2(5)6/h5-7,9-11,13,21-22H,3-4,8,12,14-18H2,1-2H3;(H,3,4)(H,5,6)/t21-,22+;/m0./s1. The van der Waals surface area contributed by atoms with Gasteiger partial charge in [-0.15, -0.1) is 0 Å². The summed E-state index contributed by atoms with van der Waals surface area (Å²) in [4.78, 5) is 33.4. The van der Waals surface area contributed by atoms with E-state index in [0.717, 1.165) is 45.5 Å². The molecule has 8 heteroatoms. The molecule has 2 aromatic rings. The van der Waals surface area contributed by atoms with Crippen molar-refractivity contribution in [2.45, 2.75) is 45.6 Å². The average molecular weight is 474 g/mol.